The highest BCUT2D eigenvalue weighted by Gasteiger charge is 2.45. The Morgan fingerprint density at radius 2 is 1.87 bits per heavy atom. The lowest BCUT2D eigenvalue weighted by Crippen LogP contribution is -2.53. The predicted octanol–water partition coefficient (Wildman–Crippen LogP) is 3.59. The molecule has 4 nitrogen and oxygen atoms in total. The maximum atomic E-state index is 12.7. The lowest BCUT2D eigenvalue weighted by Gasteiger charge is -2.42. The van der Waals surface area contributed by atoms with Gasteiger partial charge in [0.05, 0.1) is 4.90 Å². The Kier molecular flexibility index (Phi) is 5.63. The summed E-state index contributed by atoms with van der Waals surface area (Å²) in [5.74, 6) is 0.177. The van der Waals surface area contributed by atoms with Gasteiger partial charge in [0.25, 0.3) is 0 Å². The van der Waals surface area contributed by atoms with Gasteiger partial charge in [-0.15, -0.1) is 0 Å². The molecule has 1 aromatic carbocycles. The van der Waals surface area contributed by atoms with Gasteiger partial charge >= 0.3 is 0 Å². The molecule has 1 aliphatic rings. The molecule has 1 fully saturated rings. The maximum Gasteiger partial charge on any atom is 0.240 e. The lowest BCUT2D eigenvalue weighted by atomic mass is 9.65. The summed E-state index contributed by atoms with van der Waals surface area (Å²) in [5, 5.41) is 0. The number of sulfonamides is 1. The highest BCUT2D eigenvalue weighted by Crippen LogP contribution is 2.41. The molecule has 0 aliphatic heterocycles. The molecule has 0 radical (unpaired) electrons. The van der Waals surface area contributed by atoms with E-state index in [-0.39, 0.29) is 16.7 Å². The van der Waals surface area contributed by atoms with Crippen LogP contribution in [-0.2, 0) is 14.8 Å². The maximum absolute atomic E-state index is 12.7. The van der Waals surface area contributed by atoms with Gasteiger partial charge in [0, 0.05) is 17.9 Å². The Morgan fingerprint density at radius 1 is 1.22 bits per heavy atom. The van der Waals surface area contributed by atoms with Gasteiger partial charge in [-0.05, 0) is 38.3 Å². The van der Waals surface area contributed by atoms with Crippen molar-refractivity contribution in [3.05, 3.63) is 29.8 Å². The average molecular weight is 337 g/mol. The molecule has 0 amide bonds. The summed E-state index contributed by atoms with van der Waals surface area (Å²) in [7, 11) is -3.60. The summed E-state index contributed by atoms with van der Waals surface area (Å²) in [6, 6.07) is 6.52. The molecule has 0 aromatic heterocycles. The topological polar surface area (TPSA) is 63.2 Å². The third kappa shape index (κ3) is 3.66. The number of hydrogen-bond donors (Lipinski definition) is 1. The van der Waals surface area contributed by atoms with E-state index in [2.05, 4.69) is 4.72 Å². The molecule has 2 rings (SSSR count). The van der Waals surface area contributed by atoms with Crippen LogP contribution >= 0.6 is 0 Å². The van der Waals surface area contributed by atoms with Crippen molar-refractivity contribution in [3.63, 3.8) is 0 Å². The first-order valence-electron chi connectivity index (χ1n) is 8.48. The molecular weight excluding hydrogens is 310 g/mol. The number of carbonyl (C=O) groups is 1. The zero-order valence-electron chi connectivity index (χ0n) is 14.3. The molecule has 0 heterocycles. The van der Waals surface area contributed by atoms with E-state index in [1.807, 2.05) is 20.8 Å². The fourth-order valence-corrected chi connectivity index (χ4v) is 5.04. The summed E-state index contributed by atoms with van der Waals surface area (Å²) in [4.78, 5) is 12.8. The lowest BCUT2D eigenvalue weighted by molar-refractivity contribution is -0.132. The molecule has 128 valence electrons. The highest BCUT2D eigenvalue weighted by atomic mass is 32.2. The van der Waals surface area contributed by atoms with E-state index in [9.17, 15) is 13.2 Å². The van der Waals surface area contributed by atoms with Crippen LogP contribution in [0.4, 0.5) is 0 Å². The number of benzene rings is 1. The van der Waals surface area contributed by atoms with Gasteiger partial charge < -0.3 is 0 Å². The van der Waals surface area contributed by atoms with Crippen LogP contribution in [0.15, 0.2) is 29.2 Å². The minimum atomic E-state index is -3.60. The fourth-order valence-electron chi connectivity index (χ4n) is 3.69. The first-order valence-corrected chi connectivity index (χ1v) is 9.96. The van der Waals surface area contributed by atoms with E-state index >= 15 is 0 Å². The number of nitrogens with one attached hydrogen (secondary N) is 1. The van der Waals surface area contributed by atoms with Gasteiger partial charge in [-0.3, -0.25) is 4.79 Å². The average Bonchev–Trinajstić information content (AvgIpc) is 2.55. The molecule has 0 spiro atoms. The smallest absolute Gasteiger partial charge is 0.240 e. The first kappa shape index (κ1) is 18.1. The molecule has 5 heteroatoms. The van der Waals surface area contributed by atoms with Crippen LogP contribution < -0.4 is 4.72 Å². The zero-order chi connectivity index (χ0) is 17.1. The monoisotopic (exact) mass is 337 g/mol. The number of carbonyl (C=O) groups excluding carboxylic acids is 1. The molecule has 0 bridgehead atoms. The third-order valence-corrected chi connectivity index (χ3v) is 6.66. The molecule has 1 saturated carbocycles. The Morgan fingerprint density at radius 3 is 2.43 bits per heavy atom. The summed E-state index contributed by atoms with van der Waals surface area (Å²) in [6.07, 6.45) is 4.58. The number of rotatable bonds is 6. The Labute approximate surface area is 139 Å². The second kappa shape index (κ2) is 7.14. The summed E-state index contributed by atoms with van der Waals surface area (Å²) in [6.45, 7) is 5.78. The number of ketones is 1. The van der Waals surface area contributed by atoms with Gasteiger partial charge in [0.15, 0.2) is 0 Å². The second-order valence-electron chi connectivity index (χ2n) is 6.52. The van der Waals surface area contributed by atoms with Crippen molar-refractivity contribution in [1.82, 2.24) is 4.72 Å². The van der Waals surface area contributed by atoms with Crippen molar-refractivity contribution in [3.8, 4) is 0 Å². The Hall–Kier alpha value is -1.20. The molecule has 23 heavy (non-hydrogen) atoms. The minimum Gasteiger partial charge on any atom is -0.299 e. The number of hydrogen-bond acceptors (Lipinski definition) is 3. The van der Waals surface area contributed by atoms with Crippen molar-refractivity contribution in [1.29, 1.82) is 0 Å². The van der Waals surface area contributed by atoms with Gasteiger partial charge in [-0.2, -0.15) is 0 Å². The summed E-state index contributed by atoms with van der Waals surface area (Å²) < 4.78 is 28.2. The molecule has 0 saturated heterocycles. The van der Waals surface area contributed by atoms with E-state index < -0.39 is 15.4 Å². The van der Waals surface area contributed by atoms with Gasteiger partial charge in [-0.25, -0.2) is 13.1 Å². The van der Waals surface area contributed by atoms with Gasteiger partial charge in [0.2, 0.25) is 10.0 Å². The van der Waals surface area contributed by atoms with Crippen molar-refractivity contribution in [2.75, 3.05) is 0 Å². The normalized spacial score (nSPS) is 25.3. The Balaban J connectivity index is 2.31. The van der Waals surface area contributed by atoms with E-state index in [1.54, 1.807) is 24.3 Å². The van der Waals surface area contributed by atoms with Crippen LogP contribution in [0.5, 0.6) is 0 Å². The van der Waals surface area contributed by atoms with E-state index in [1.165, 1.54) is 0 Å². The van der Waals surface area contributed by atoms with Crippen LogP contribution in [0.2, 0.25) is 0 Å². The molecule has 1 aliphatic carbocycles. The van der Waals surface area contributed by atoms with Crippen LogP contribution in [-0.4, -0.2) is 20.2 Å². The molecule has 1 aromatic rings. The summed E-state index contributed by atoms with van der Waals surface area (Å²) in [5.41, 5.74) is 0.468. The number of Topliss-reactive ketones (excluding diaryl/α,β-unsaturated/α-hetero) is 1. The van der Waals surface area contributed by atoms with Crippen molar-refractivity contribution in [2.24, 2.45) is 5.41 Å². The number of aryl methyl sites for hydroxylation is 1. The van der Waals surface area contributed by atoms with E-state index in [0.717, 1.165) is 31.2 Å². The Bertz CT molecular complexity index is 651. The first-order chi connectivity index (χ1) is 10.9. The van der Waals surface area contributed by atoms with Crippen LogP contribution in [0.25, 0.3) is 0 Å². The predicted molar refractivity (Wildman–Crippen MR) is 91.8 cm³/mol. The van der Waals surface area contributed by atoms with Crippen LogP contribution in [0.1, 0.15) is 57.9 Å². The van der Waals surface area contributed by atoms with Crippen LogP contribution in [0, 0.1) is 12.3 Å². The van der Waals surface area contributed by atoms with E-state index in [4.69, 9.17) is 0 Å². The molecular formula is C18H27NO3S. The largest absolute Gasteiger partial charge is 0.299 e. The second-order valence-corrected chi connectivity index (χ2v) is 8.23. The minimum absolute atomic E-state index is 0.177. The zero-order valence-corrected chi connectivity index (χ0v) is 15.1. The molecule has 2 atom stereocenters. The third-order valence-electron chi connectivity index (χ3n) is 5.17. The quantitative estimate of drug-likeness (QED) is 0.863. The van der Waals surface area contributed by atoms with Crippen LogP contribution in [0.3, 0.4) is 0 Å². The SMILES string of the molecule is CCC(=O)[C@]1(CC)CCCC[C@@H]1NS(=O)(=O)c1ccc(C)cc1. The fraction of sp³-hybridized carbons (Fsp3) is 0.611. The summed E-state index contributed by atoms with van der Waals surface area (Å²) >= 11 is 0. The van der Waals surface area contributed by atoms with Gasteiger partial charge in [-0.1, -0.05) is 44.4 Å². The molecule has 1 N–H and O–H groups in total. The van der Waals surface area contributed by atoms with Gasteiger partial charge in [0.1, 0.15) is 5.78 Å². The van der Waals surface area contributed by atoms with Crippen molar-refractivity contribution in [2.45, 2.75) is 70.2 Å². The standard InChI is InChI=1S/C18H27NO3S/c1-4-17(20)18(5-2)13-7-6-8-16(18)19-23(21,22)15-11-9-14(3)10-12-15/h9-12,16,19H,4-8,13H2,1-3H3/t16-,18+/m0/s1. The molecule has 0 unspecified atom stereocenters. The van der Waals surface area contributed by atoms with Crippen molar-refractivity contribution < 1.29 is 13.2 Å². The highest BCUT2D eigenvalue weighted by molar-refractivity contribution is 7.89. The van der Waals surface area contributed by atoms with Crippen molar-refractivity contribution >= 4 is 15.8 Å². The van der Waals surface area contributed by atoms with E-state index in [0.29, 0.717) is 12.8 Å².